The van der Waals surface area contributed by atoms with E-state index in [2.05, 4.69) is 20.7 Å². The highest BCUT2D eigenvalue weighted by atomic mass is 19.4. The van der Waals surface area contributed by atoms with Crippen LogP contribution in [0.3, 0.4) is 0 Å². The van der Waals surface area contributed by atoms with Crippen molar-refractivity contribution in [2.45, 2.75) is 25.1 Å². The minimum Gasteiger partial charge on any atom is -0.364 e. The maximum Gasteiger partial charge on any atom is 0.435 e. The van der Waals surface area contributed by atoms with Crippen LogP contribution in [0.4, 0.5) is 19.0 Å². The van der Waals surface area contributed by atoms with Crippen molar-refractivity contribution in [1.82, 2.24) is 19.9 Å². The molecule has 2 N–H and O–H groups in total. The first kappa shape index (κ1) is 13.2. The van der Waals surface area contributed by atoms with Gasteiger partial charge in [0.1, 0.15) is 5.52 Å². The Balaban J connectivity index is 1.92. The number of piperidine rings is 1. The average Bonchev–Trinajstić information content (AvgIpc) is 2.85. The van der Waals surface area contributed by atoms with Gasteiger partial charge in [-0.2, -0.15) is 18.3 Å². The third-order valence-corrected chi connectivity index (χ3v) is 3.32. The molecule has 0 aliphatic carbocycles. The number of alkyl halides is 3. The molecule has 20 heavy (non-hydrogen) atoms. The first-order valence-corrected chi connectivity index (χ1v) is 6.43. The van der Waals surface area contributed by atoms with Gasteiger partial charge in [0.25, 0.3) is 0 Å². The summed E-state index contributed by atoms with van der Waals surface area (Å²) in [5.74, 6) is 0.434. The molecule has 1 atom stereocenters. The smallest absolute Gasteiger partial charge is 0.364 e. The largest absolute Gasteiger partial charge is 0.435 e. The predicted octanol–water partition coefficient (Wildman–Crippen LogP) is 1.91. The fraction of sp³-hybridized carbons (Fsp3) is 0.500. The van der Waals surface area contributed by atoms with Crippen LogP contribution in [0.15, 0.2) is 18.5 Å². The van der Waals surface area contributed by atoms with Crippen molar-refractivity contribution < 1.29 is 13.2 Å². The lowest BCUT2D eigenvalue weighted by molar-refractivity contribution is -0.141. The Bertz CT molecular complexity index is 601. The van der Waals surface area contributed by atoms with Crippen molar-refractivity contribution in [1.29, 1.82) is 0 Å². The Morgan fingerprint density at radius 2 is 2.25 bits per heavy atom. The summed E-state index contributed by atoms with van der Waals surface area (Å²) in [7, 11) is 0. The van der Waals surface area contributed by atoms with Gasteiger partial charge in [0.2, 0.25) is 0 Å². The van der Waals surface area contributed by atoms with E-state index in [1.165, 1.54) is 16.9 Å². The number of aromatic nitrogens is 3. The molecule has 5 nitrogen and oxygen atoms in total. The van der Waals surface area contributed by atoms with E-state index in [0.717, 1.165) is 32.0 Å². The summed E-state index contributed by atoms with van der Waals surface area (Å²) in [5.41, 5.74) is -0.569. The fourth-order valence-corrected chi connectivity index (χ4v) is 2.34. The summed E-state index contributed by atoms with van der Waals surface area (Å²) in [4.78, 5) is 4.13. The van der Waals surface area contributed by atoms with Crippen molar-refractivity contribution in [2.24, 2.45) is 0 Å². The maximum atomic E-state index is 12.7. The first-order valence-electron chi connectivity index (χ1n) is 6.43. The van der Waals surface area contributed by atoms with Crippen LogP contribution >= 0.6 is 0 Å². The number of fused-ring (bicyclic) bond motifs is 1. The van der Waals surface area contributed by atoms with Gasteiger partial charge in [-0.15, -0.1) is 0 Å². The van der Waals surface area contributed by atoms with E-state index in [4.69, 9.17) is 0 Å². The van der Waals surface area contributed by atoms with Crippen LogP contribution in [0, 0.1) is 0 Å². The standard InChI is InChI=1S/C12H14F3N5/c13-12(14,15)10-6-9-11(17-4-5-20(9)19-10)18-8-2-1-3-16-7-8/h4-6,8,16H,1-3,7H2,(H,17,18). The second kappa shape index (κ2) is 4.93. The van der Waals surface area contributed by atoms with E-state index < -0.39 is 11.9 Å². The molecule has 2 aromatic heterocycles. The molecule has 1 fully saturated rings. The van der Waals surface area contributed by atoms with Gasteiger partial charge >= 0.3 is 6.18 Å². The molecular formula is C12H14F3N5. The molecule has 0 radical (unpaired) electrons. The van der Waals surface area contributed by atoms with Gasteiger partial charge in [-0.05, 0) is 19.4 Å². The summed E-state index contributed by atoms with van der Waals surface area (Å²) in [6, 6.07) is 1.19. The molecule has 0 saturated carbocycles. The second-order valence-electron chi connectivity index (χ2n) is 4.82. The van der Waals surface area contributed by atoms with Gasteiger partial charge < -0.3 is 10.6 Å². The van der Waals surface area contributed by atoms with E-state index >= 15 is 0 Å². The monoisotopic (exact) mass is 285 g/mol. The summed E-state index contributed by atoms with van der Waals surface area (Å²) >= 11 is 0. The fourth-order valence-electron chi connectivity index (χ4n) is 2.34. The molecule has 0 spiro atoms. The molecule has 3 rings (SSSR count). The SMILES string of the molecule is FC(F)(F)c1cc2c(NC3CCCNC3)nccn2n1. The van der Waals surface area contributed by atoms with E-state index in [-0.39, 0.29) is 6.04 Å². The van der Waals surface area contributed by atoms with Gasteiger partial charge in [0.05, 0.1) is 0 Å². The van der Waals surface area contributed by atoms with Crippen LogP contribution < -0.4 is 10.6 Å². The zero-order valence-corrected chi connectivity index (χ0v) is 10.6. The van der Waals surface area contributed by atoms with Crippen LogP contribution in [-0.4, -0.2) is 33.7 Å². The van der Waals surface area contributed by atoms with Gasteiger partial charge in [0.15, 0.2) is 11.5 Å². The lowest BCUT2D eigenvalue weighted by atomic mass is 10.1. The van der Waals surface area contributed by atoms with Crippen LogP contribution in [0.5, 0.6) is 0 Å². The predicted molar refractivity (Wildman–Crippen MR) is 67.5 cm³/mol. The molecule has 0 bridgehead atoms. The van der Waals surface area contributed by atoms with Crippen molar-refractivity contribution in [3.05, 3.63) is 24.2 Å². The molecule has 1 aliphatic rings. The van der Waals surface area contributed by atoms with Crippen molar-refractivity contribution in [2.75, 3.05) is 18.4 Å². The number of anilines is 1. The topological polar surface area (TPSA) is 54.2 Å². The van der Waals surface area contributed by atoms with Crippen LogP contribution in [-0.2, 0) is 6.18 Å². The minimum atomic E-state index is -4.45. The number of nitrogens with zero attached hydrogens (tertiary/aromatic N) is 3. The quantitative estimate of drug-likeness (QED) is 0.885. The Hall–Kier alpha value is -1.83. The molecular weight excluding hydrogens is 271 g/mol. The van der Waals surface area contributed by atoms with Crippen molar-refractivity contribution in [3.63, 3.8) is 0 Å². The zero-order chi connectivity index (χ0) is 14.2. The van der Waals surface area contributed by atoms with Gasteiger partial charge in [-0.3, -0.25) is 0 Å². The number of rotatable bonds is 2. The van der Waals surface area contributed by atoms with E-state index in [9.17, 15) is 13.2 Å². The molecule has 8 heteroatoms. The molecule has 2 aromatic rings. The Kier molecular flexibility index (Phi) is 3.25. The van der Waals surface area contributed by atoms with Crippen molar-refractivity contribution >= 4 is 11.3 Å². The highest BCUT2D eigenvalue weighted by molar-refractivity contribution is 5.68. The molecule has 3 heterocycles. The summed E-state index contributed by atoms with van der Waals surface area (Å²) < 4.78 is 39.3. The third kappa shape index (κ3) is 2.55. The Morgan fingerprint density at radius 1 is 1.40 bits per heavy atom. The maximum absolute atomic E-state index is 12.7. The van der Waals surface area contributed by atoms with Gasteiger partial charge in [-0.1, -0.05) is 0 Å². The number of hydrogen-bond acceptors (Lipinski definition) is 4. The number of hydrogen-bond donors (Lipinski definition) is 2. The van der Waals surface area contributed by atoms with E-state index in [1.807, 2.05) is 0 Å². The van der Waals surface area contributed by atoms with Crippen molar-refractivity contribution in [3.8, 4) is 0 Å². The van der Waals surface area contributed by atoms with Gasteiger partial charge in [0, 0.05) is 31.0 Å². The number of halogens is 3. The van der Waals surface area contributed by atoms with E-state index in [1.54, 1.807) is 0 Å². The Labute approximate surface area is 113 Å². The molecule has 0 aromatic carbocycles. The molecule has 108 valence electrons. The zero-order valence-electron chi connectivity index (χ0n) is 10.6. The van der Waals surface area contributed by atoms with Crippen LogP contribution in [0.2, 0.25) is 0 Å². The lowest BCUT2D eigenvalue weighted by Gasteiger charge is -2.24. The molecule has 0 amide bonds. The normalized spacial score (nSPS) is 20.2. The Morgan fingerprint density at radius 3 is 2.95 bits per heavy atom. The van der Waals surface area contributed by atoms with E-state index in [0.29, 0.717) is 11.3 Å². The molecule has 1 aliphatic heterocycles. The molecule has 1 unspecified atom stereocenters. The molecule has 1 saturated heterocycles. The minimum absolute atomic E-state index is 0.173. The first-order chi connectivity index (χ1) is 9.54. The summed E-state index contributed by atoms with van der Waals surface area (Å²) in [6.07, 6.45) is 0.410. The van der Waals surface area contributed by atoms with Gasteiger partial charge in [-0.25, -0.2) is 9.50 Å². The number of nitrogens with one attached hydrogen (secondary N) is 2. The lowest BCUT2D eigenvalue weighted by Crippen LogP contribution is -2.38. The average molecular weight is 285 g/mol. The second-order valence-corrected chi connectivity index (χ2v) is 4.82. The highest BCUT2D eigenvalue weighted by Crippen LogP contribution is 2.30. The van der Waals surface area contributed by atoms with Crippen LogP contribution in [0.1, 0.15) is 18.5 Å². The third-order valence-electron chi connectivity index (χ3n) is 3.32. The summed E-state index contributed by atoms with van der Waals surface area (Å²) in [6.45, 7) is 1.75. The summed E-state index contributed by atoms with van der Waals surface area (Å²) in [5, 5.41) is 9.96. The van der Waals surface area contributed by atoms with Crippen LogP contribution in [0.25, 0.3) is 5.52 Å². The highest BCUT2D eigenvalue weighted by Gasteiger charge is 2.34.